The number of amides is 1. The van der Waals surface area contributed by atoms with Gasteiger partial charge < -0.3 is 16.2 Å². The molecule has 1 aromatic carbocycles. The molecule has 0 saturated carbocycles. The summed E-state index contributed by atoms with van der Waals surface area (Å²) in [5, 5.41) is 12.8. The lowest BCUT2D eigenvalue weighted by molar-refractivity contribution is -0.146. The van der Waals surface area contributed by atoms with E-state index < -0.39 is 17.3 Å². The number of nitrogens with zero attached hydrogens (tertiary/aromatic N) is 1. The van der Waals surface area contributed by atoms with Crippen molar-refractivity contribution in [1.29, 1.82) is 0 Å². The van der Waals surface area contributed by atoms with E-state index in [1.807, 2.05) is 24.3 Å². The number of aromatic nitrogens is 1. The maximum atomic E-state index is 11.5. The van der Waals surface area contributed by atoms with Gasteiger partial charge in [-0.2, -0.15) is 0 Å². The first-order valence-electron chi connectivity index (χ1n) is 6.48. The second-order valence-corrected chi connectivity index (χ2v) is 5.48. The van der Waals surface area contributed by atoms with E-state index in [1.165, 1.54) is 0 Å². The number of carboxylic acids is 1. The van der Waals surface area contributed by atoms with Crippen molar-refractivity contribution in [1.82, 2.24) is 4.98 Å². The molecule has 0 spiro atoms. The fourth-order valence-electron chi connectivity index (χ4n) is 1.82. The smallest absolute Gasteiger partial charge is 0.310 e. The number of carbonyl (C=O) groups is 2. The predicted octanol–water partition coefficient (Wildman–Crippen LogP) is 1.86. The topological polar surface area (TPSA) is 105 Å². The molecule has 0 unspecified atom stereocenters. The average Bonchev–Trinajstić information content (AvgIpc) is 2.43. The highest BCUT2D eigenvalue weighted by Crippen LogP contribution is 2.22. The Balaban J connectivity index is 2.40. The Bertz CT molecular complexity index is 710. The van der Waals surface area contributed by atoms with Crippen LogP contribution in [0.3, 0.4) is 0 Å². The highest BCUT2D eigenvalue weighted by molar-refractivity contribution is 6.01. The lowest BCUT2D eigenvalue weighted by Crippen LogP contribution is -2.32. The van der Waals surface area contributed by atoms with E-state index in [0.29, 0.717) is 11.3 Å². The molecule has 1 amide bonds. The van der Waals surface area contributed by atoms with Gasteiger partial charge in [0.25, 0.3) is 5.91 Å². The molecule has 6 heteroatoms. The van der Waals surface area contributed by atoms with Crippen molar-refractivity contribution < 1.29 is 14.7 Å². The number of aliphatic carboxylic acids is 1. The van der Waals surface area contributed by atoms with Crippen molar-refractivity contribution in [2.24, 2.45) is 11.1 Å². The Labute approximate surface area is 122 Å². The van der Waals surface area contributed by atoms with Crippen LogP contribution in [-0.4, -0.2) is 28.5 Å². The number of hydrogen-bond acceptors (Lipinski definition) is 4. The number of anilines is 1. The summed E-state index contributed by atoms with van der Waals surface area (Å²) in [5.41, 5.74) is 5.34. The van der Waals surface area contributed by atoms with Crippen LogP contribution in [0.2, 0.25) is 0 Å². The molecule has 110 valence electrons. The van der Waals surface area contributed by atoms with Crippen LogP contribution in [0.15, 0.2) is 30.3 Å². The third kappa shape index (κ3) is 3.10. The molecule has 0 aliphatic carbocycles. The third-order valence-electron chi connectivity index (χ3n) is 3.27. The second-order valence-electron chi connectivity index (χ2n) is 5.48. The van der Waals surface area contributed by atoms with E-state index in [2.05, 4.69) is 10.3 Å². The quantitative estimate of drug-likeness (QED) is 0.778. The summed E-state index contributed by atoms with van der Waals surface area (Å²) in [7, 11) is 0. The van der Waals surface area contributed by atoms with Gasteiger partial charge in [-0.05, 0) is 26.0 Å². The zero-order chi connectivity index (χ0) is 15.6. The third-order valence-corrected chi connectivity index (χ3v) is 3.27. The average molecular weight is 287 g/mol. The lowest BCUT2D eigenvalue weighted by atomic mass is 9.94. The van der Waals surface area contributed by atoms with Crippen molar-refractivity contribution in [3.63, 3.8) is 0 Å². The summed E-state index contributed by atoms with van der Waals surface area (Å²) in [5.74, 6) is -1.24. The maximum Gasteiger partial charge on any atom is 0.310 e. The number of benzene rings is 1. The molecular weight excluding hydrogens is 270 g/mol. The number of rotatable bonds is 5. The molecule has 0 radical (unpaired) electrons. The van der Waals surface area contributed by atoms with E-state index in [1.54, 1.807) is 19.9 Å². The Morgan fingerprint density at radius 1 is 1.33 bits per heavy atom. The van der Waals surface area contributed by atoms with Gasteiger partial charge in [-0.15, -0.1) is 0 Å². The number of primary amides is 1. The molecule has 0 bridgehead atoms. The summed E-state index contributed by atoms with van der Waals surface area (Å²) < 4.78 is 0. The minimum absolute atomic E-state index is 0.133. The Morgan fingerprint density at radius 2 is 2.00 bits per heavy atom. The van der Waals surface area contributed by atoms with Gasteiger partial charge >= 0.3 is 5.97 Å². The molecule has 6 nitrogen and oxygen atoms in total. The first-order valence-corrected chi connectivity index (χ1v) is 6.48. The van der Waals surface area contributed by atoms with Gasteiger partial charge in [0.05, 0.1) is 16.5 Å². The fraction of sp³-hybridized carbons (Fsp3) is 0.267. The SMILES string of the molecule is CC(C)(CNc1nc2ccccc2cc1C(N)=O)C(=O)O. The first kappa shape index (κ1) is 14.8. The molecule has 0 fully saturated rings. The Kier molecular flexibility index (Phi) is 3.80. The minimum Gasteiger partial charge on any atom is -0.481 e. The van der Waals surface area contributed by atoms with Gasteiger partial charge in [0.2, 0.25) is 0 Å². The fourth-order valence-corrected chi connectivity index (χ4v) is 1.82. The van der Waals surface area contributed by atoms with Crippen LogP contribution in [0.25, 0.3) is 10.9 Å². The van der Waals surface area contributed by atoms with E-state index >= 15 is 0 Å². The maximum absolute atomic E-state index is 11.5. The van der Waals surface area contributed by atoms with Crippen LogP contribution < -0.4 is 11.1 Å². The van der Waals surface area contributed by atoms with E-state index in [-0.39, 0.29) is 12.1 Å². The number of hydrogen-bond donors (Lipinski definition) is 3. The Morgan fingerprint density at radius 3 is 2.62 bits per heavy atom. The summed E-state index contributed by atoms with van der Waals surface area (Å²) >= 11 is 0. The van der Waals surface area contributed by atoms with Crippen molar-refractivity contribution in [2.75, 3.05) is 11.9 Å². The summed E-state index contributed by atoms with van der Waals surface area (Å²) in [6.45, 7) is 3.31. The molecule has 2 aromatic rings. The standard InChI is InChI=1S/C15H17N3O3/c1-15(2,14(20)21)8-17-13-10(12(16)19)7-9-5-3-4-6-11(9)18-13/h3-7H,8H2,1-2H3,(H2,16,19)(H,17,18)(H,20,21). The number of carbonyl (C=O) groups excluding carboxylic acids is 1. The normalized spacial score (nSPS) is 11.3. The van der Waals surface area contributed by atoms with Crippen molar-refractivity contribution in [3.8, 4) is 0 Å². The van der Waals surface area contributed by atoms with Gasteiger partial charge in [-0.1, -0.05) is 18.2 Å². The van der Waals surface area contributed by atoms with Gasteiger partial charge in [-0.25, -0.2) is 4.98 Å². The van der Waals surface area contributed by atoms with Gasteiger partial charge in [0, 0.05) is 11.9 Å². The monoisotopic (exact) mass is 287 g/mol. The van der Waals surface area contributed by atoms with Gasteiger partial charge in [-0.3, -0.25) is 9.59 Å². The molecule has 1 aromatic heterocycles. The summed E-state index contributed by atoms with van der Waals surface area (Å²) in [4.78, 5) is 27.0. The first-order chi connectivity index (χ1) is 9.81. The molecule has 4 N–H and O–H groups in total. The van der Waals surface area contributed by atoms with Crippen LogP contribution >= 0.6 is 0 Å². The highest BCUT2D eigenvalue weighted by atomic mass is 16.4. The number of para-hydroxylation sites is 1. The zero-order valence-electron chi connectivity index (χ0n) is 11.9. The number of fused-ring (bicyclic) bond motifs is 1. The highest BCUT2D eigenvalue weighted by Gasteiger charge is 2.27. The van der Waals surface area contributed by atoms with Gasteiger partial charge in [0.1, 0.15) is 5.82 Å². The minimum atomic E-state index is -0.984. The van der Waals surface area contributed by atoms with E-state index in [4.69, 9.17) is 10.8 Å². The molecule has 2 rings (SSSR count). The number of carboxylic acid groups (broad SMARTS) is 1. The van der Waals surface area contributed by atoms with Crippen LogP contribution in [0, 0.1) is 5.41 Å². The summed E-state index contributed by atoms with van der Waals surface area (Å²) in [6.07, 6.45) is 0. The van der Waals surface area contributed by atoms with Gasteiger partial charge in [0.15, 0.2) is 0 Å². The lowest BCUT2D eigenvalue weighted by Gasteiger charge is -2.20. The van der Waals surface area contributed by atoms with Crippen molar-refractivity contribution in [2.45, 2.75) is 13.8 Å². The number of pyridine rings is 1. The summed E-state index contributed by atoms with van der Waals surface area (Å²) in [6, 6.07) is 8.98. The predicted molar refractivity (Wildman–Crippen MR) is 80.2 cm³/mol. The van der Waals surface area contributed by atoms with E-state index in [0.717, 1.165) is 5.39 Å². The van der Waals surface area contributed by atoms with Crippen LogP contribution in [-0.2, 0) is 4.79 Å². The van der Waals surface area contributed by atoms with Crippen LogP contribution in [0.1, 0.15) is 24.2 Å². The second kappa shape index (κ2) is 5.40. The molecular formula is C15H17N3O3. The molecule has 0 saturated heterocycles. The molecule has 21 heavy (non-hydrogen) atoms. The number of nitrogens with two attached hydrogens (primary N) is 1. The zero-order valence-corrected chi connectivity index (χ0v) is 11.9. The largest absolute Gasteiger partial charge is 0.481 e. The molecule has 0 aliphatic rings. The Hall–Kier alpha value is -2.63. The van der Waals surface area contributed by atoms with Crippen molar-refractivity contribution in [3.05, 3.63) is 35.9 Å². The molecule has 0 atom stereocenters. The van der Waals surface area contributed by atoms with Crippen LogP contribution in [0.4, 0.5) is 5.82 Å². The molecule has 0 aliphatic heterocycles. The van der Waals surface area contributed by atoms with Crippen molar-refractivity contribution >= 4 is 28.6 Å². The molecule has 1 heterocycles. The van der Waals surface area contributed by atoms with Crippen LogP contribution in [0.5, 0.6) is 0 Å². The number of nitrogens with one attached hydrogen (secondary N) is 1. The van der Waals surface area contributed by atoms with E-state index in [9.17, 15) is 9.59 Å².